The minimum Gasteiger partial charge on any atom is -0.483 e. The van der Waals surface area contributed by atoms with Crippen LogP contribution in [0, 0.1) is 61.6 Å². The van der Waals surface area contributed by atoms with Gasteiger partial charge in [0.05, 0.1) is 11.0 Å². The Morgan fingerprint density at radius 3 is 2.28 bits per heavy atom. The summed E-state index contributed by atoms with van der Waals surface area (Å²) in [6, 6.07) is 2.20. The minimum absolute atomic E-state index is 0.00511. The zero-order valence-corrected chi connectivity index (χ0v) is 29.3. The number of nitriles is 1. The highest BCUT2D eigenvalue weighted by Gasteiger charge is 2.70. The maximum Gasteiger partial charge on any atom is 0.290 e. The Labute approximate surface area is 276 Å². The molecule has 8 heteroatoms. The molecule has 0 aromatic rings. The summed E-state index contributed by atoms with van der Waals surface area (Å²) in [6.45, 7) is 16.6. The van der Waals surface area contributed by atoms with Crippen molar-refractivity contribution >= 4 is 23.9 Å². The molecule has 5 rings (SSSR count). The summed E-state index contributed by atoms with van der Waals surface area (Å²) in [4.78, 5) is 50.5. The number of hydrogen-bond donors (Lipinski definition) is 3. The Morgan fingerprint density at radius 2 is 1.65 bits per heavy atom. The molecule has 0 unspecified atom stereocenters. The van der Waals surface area contributed by atoms with Gasteiger partial charge in [-0.2, -0.15) is 5.26 Å². The second-order valence-electron chi connectivity index (χ2n) is 17.0. The molecule has 0 spiro atoms. The van der Waals surface area contributed by atoms with Crippen LogP contribution in [-0.4, -0.2) is 42.1 Å². The summed E-state index contributed by atoms with van der Waals surface area (Å²) in [5, 5.41) is 20.2. The van der Waals surface area contributed by atoms with Gasteiger partial charge in [-0.05, 0) is 98.5 Å². The molecule has 0 bridgehead atoms. The van der Waals surface area contributed by atoms with Gasteiger partial charge in [-0.1, -0.05) is 73.0 Å². The molecule has 3 saturated carbocycles. The molecule has 3 fully saturated rings. The molecule has 0 aliphatic heterocycles. The third-order valence-electron chi connectivity index (χ3n) is 13.7. The van der Waals surface area contributed by atoms with E-state index in [0.29, 0.717) is 13.1 Å². The fourth-order valence-electron chi connectivity index (χ4n) is 11.0. The third-order valence-corrected chi connectivity index (χ3v) is 13.7. The van der Waals surface area contributed by atoms with Crippen molar-refractivity contribution in [1.29, 1.82) is 5.26 Å². The lowest BCUT2D eigenvalue weighted by molar-refractivity contribution is -0.178. The van der Waals surface area contributed by atoms with Gasteiger partial charge in [0.1, 0.15) is 6.07 Å². The Hall–Kier alpha value is -2.79. The largest absolute Gasteiger partial charge is 0.483 e. The van der Waals surface area contributed by atoms with Crippen molar-refractivity contribution < 1.29 is 24.3 Å². The molecule has 0 saturated heterocycles. The molecule has 8 nitrogen and oxygen atoms in total. The number of carboxylic acid groups (broad SMARTS) is 1. The van der Waals surface area contributed by atoms with Crippen LogP contribution in [0.1, 0.15) is 119 Å². The first-order valence-electron chi connectivity index (χ1n) is 17.5. The van der Waals surface area contributed by atoms with E-state index in [4.69, 9.17) is 15.6 Å². The lowest BCUT2D eigenvalue weighted by Crippen LogP contribution is -2.66. The SMILES string of the molecule is CC1(C)CC[C@]2(C(=O)NCCCCCCN)CC[C@]3(C)[C@H](C(=O)C=C4[C@@]5(C)C=C(C#N)C(=O)C(C)(C)[C@@H]5CC[C@]43C)[C@@H]2C1.O=CO. The molecule has 4 N–H and O–H groups in total. The van der Waals surface area contributed by atoms with Crippen molar-refractivity contribution in [3.8, 4) is 6.07 Å². The number of nitrogens with one attached hydrogen (secondary N) is 1. The average molecular weight is 636 g/mol. The first kappa shape index (κ1) is 36.1. The summed E-state index contributed by atoms with van der Waals surface area (Å²) in [5.41, 5.74) is 4.76. The number of carbonyl (C=O) groups is 4. The normalized spacial score (nSPS) is 38.5. The topological polar surface area (TPSA) is 150 Å². The van der Waals surface area contributed by atoms with Gasteiger partial charge in [0.15, 0.2) is 11.6 Å². The van der Waals surface area contributed by atoms with Gasteiger partial charge in [-0.15, -0.1) is 0 Å². The van der Waals surface area contributed by atoms with E-state index in [0.717, 1.165) is 76.2 Å². The van der Waals surface area contributed by atoms with Crippen LogP contribution in [0.2, 0.25) is 0 Å². The smallest absolute Gasteiger partial charge is 0.290 e. The maximum atomic E-state index is 14.6. The maximum absolute atomic E-state index is 14.6. The summed E-state index contributed by atoms with van der Waals surface area (Å²) in [7, 11) is 0. The van der Waals surface area contributed by atoms with Crippen molar-refractivity contribution in [1.82, 2.24) is 5.32 Å². The summed E-state index contributed by atoms with van der Waals surface area (Å²) < 4.78 is 0. The number of unbranched alkanes of at least 4 members (excludes halogenated alkanes) is 3. The highest BCUT2D eigenvalue weighted by atomic mass is 16.3. The van der Waals surface area contributed by atoms with E-state index in [1.54, 1.807) is 0 Å². The quantitative estimate of drug-likeness (QED) is 0.212. The molecule has 5 aliphatic rings. The van der Waals surface area contributed by atoms with Crippen LogP contribution in [0.4, 0.5) is 0 Å². The molecule has 0 aromatic carbocycles. The first-order chi connectivity index (χ1) is 21.5. The van der Waals surface area contributed by atoms with E-state index < -0.39 is 16.2 Å². The summed E-state index contributed by atoms with van der Waals surface area (Å²) in [6.07, 6.45) is 14.1. The Kier molecular flexibility index (Phi) is 9.93. The number of nitrogens with two attached hydrogens (primary N) is 1. The highest BCUT2D eigenvalue weighted by molar-refractivity contribution is 6.04. The monoisotopic (exact) mass is 635 g/mol. The molecule has 7 atom stereocenters. The first-order valence-corrected chi connectivity index (χ1v) is 17.5. The Bertz CT molecular complexity index is 1360. The zero-order chi connectivity index (χ0) is 34.3. The van der Waals surface area contributed by atoms with Gasteiger partial charge >= 0.3 is 0 Å². The van der Waals surface area contributed by atoms with E-state index in [2.05, 4.69) is 46.0 Å². The highest BCUT2D eigenvalue weighted by Crippen LogP contribution is 2.74. The van der Waals surface area contributed by atoms with E-state index in [1.165, 1.54) is 0 Å². The number of fused-ring (bicyclic) bond motifs is 7. The average Bonchev–Trinajstić information content (AvgIpc) is 2.98. The number of rotatable bonds is 7. The molecule has 5 aliphatic carbocycles. The van der Waals surface area contributed by atoms with Crippen LogP contribution < -0.4 is 11.1 Å². The molecule has 1 amide bonds. The number of allylic oxidation sites excluding steroid dienone is 4. The van der Waals surface area contributed by atoms with E-state index in [1.807, 2.05) is 26.0 Å². The summed E-state index contributed by atoms with van der Waals surface area (Å²) >= 11 is 0. The van der Waals surface area contributed by atoms with Crippen LogP contribution in [0.25, 0.3) is 0 Å². The lowest BCUT2D eigenvalue weighted by Gasteiger charge is -2.69. The van der Waals surface area contributed by atoms with Crippen LogP contribution in [0.15, 0.2) is 23.3 Å². The molecule has 0 heterocycles. The second kappa shape index (κ2) is 12.7. The predicted octanol–water partition coefficient (Wildman–Crippen LogP) is 6.54. The van der Waals surface area contributed by atoms with Crippen LogP contribution in [-0.2, 0) is 19.2 Å². The molecule has 46 heavy (non-hydrogen) atoms. The zero-order valence-electron chi connectivity index (χ0n) is 29.3. The van der Waals surface area contributed by atoms with E-state index >= 15 is 0 Å². The Morgan fingerprint density at radius 1 is 1.02 bits per heavy atom. The van der Waals surface area contributed by atoms with Gasteiger partial charge < -0.3 is 16.2 Å². The number of ketones is 2. The molecule has 0 aromatic heterocycles. The Balaban J connectivity index is 0.00000154. The van der Waals surface area contributed by atoms with Crippen LogP contribution in [0.5, 0.6) is 0 Å². The molecular formula is C38H57N3O5. The van der Waals surface area contributed by atoms with Gasteiger partial charge in [0, 0.05) is 23.3 Å². The van der Waals surface area contributed by atoms with Crippen molar-refractivity contribution in [2.75, 3.05) is 13.1 Å². The number of hydrogen-bond acceptors (Lipinski definition) is 6. The number of amides is 1. The van der Waals surface area contributed by atoms with E-state index in [9.17, 15) is 19.6 Å². The second-order valence-corrected chi connectivity index (χ2v) is 17.0. The molecular weight excluding hydrogens is 578 g/mol. The fraction of sp³-hybridized carbons (Fsp3) is 0.763. The van der Waals surface area contributed by atoms with Gasteiger partial charge in [0.2, 0.25) is 5.91 Å². The summed E-state index contributed by atoms with van der Waals surface area (Å²) in [5.74, 6) is 0.0392. The molecule has 254 valence electrons. The fourth-order valence-corrected chi connectivity index (χ4v) is 11.0. The standard InChI is InChI=1S/C37H55N3O3.CH2O2/c1-32(2)14-16-37(31(43)40-19-11-9-8-10-18-38)17-15-36(7)29(25(37)22-32)26(41)20-28-34(5)21-24(23-39)30(42)33(3,4)27(34)12-13-35(28,36)6;2-1-3/h20-21,25,27,29H,8-19,22,38H2,1-7H3,(H,40,43);1H,(H,2,3)/t25-,27-,29-,34-,35+,36+,37-;/m0./s1. The number of nitrogens with zero attached hydrogens (tertiary/aromatic N) is 1. The third kappa shape index (κ3) is 5.49. The van der Waals surface area contributed by atoms with Gasteiger partial charge in [0.25, 0.3) is 6.47 Å². The van der Waals surface area contributed by atoms with E-state index in [-0.39, 0.29) is 63.5 Å². The van der Waals surface area contributed by atoms with Crippen LogP contribution >= 0.6 is 0 Å². The number of carbonyl (C=O) groups excluding carboxylic acids is 3. The number of Topliss-reactive ketones (excluding diaryl/α,β-unsaturated/α-hetero) is 1. The van der Waals surface area contributed by atoms with Crippen molar-refractivity contribution in [2.24, 2.45) is 56.0 Å². The molecule has 0 radical (unpaired) electrons. The minimum atomic E-state index is -0.672. The van der Waals surface area contributed by atoms with Gasteiger partial charge in [-0.25, -0.2) is 0 Å². The predicted molar refractivity (Wildman–Crippen MR) is 178 cm³/mol. The van der Waals surface area contributed by atoms with Crippen molar-refractivity contribution in [2.45, 2.75) is 119 Å². The van der Waals surface area contributed by atoms with Crippen molar-refractivity contribution in [3.05, 3.63) is 23.3 Å². The van der Waals surface area contributed by atoms with Gasteiger partial charge in [-0.3, -0.25) is 19.2 Å². The van der Waals surface area contributed by atoms with Crippen molar-refractivity contribution in [3.63, 3.8) is 0 Å². The van der Waals surface area contributed by atoms with Crippen LogP contribution in [0.3, 0.4) is 0 Å². The lowest BCUT2D eigenvalue weighted by atomic mass is 9.34.